The van der Waals surface area contributed by atoms with Gasteiger partial charge in [0, 0.05) is 6.20 Å². The summed E-state index contributed by atoms with van der Waals surface area (Å²) in [4.78, 5) is 14.2. The molecule has 2 N–H and O–H groups in total. The highest BCUT2D eigenvalue weighted by atomic mass is 16.4. The van der Waals surface area contributed by atoms with Crippen molar-refractivity contribution in [3.8, 4) is 0 Å². The van der Waals surface area contributed by atoms with Gasteiger partial charge >= 0.3 is 5.97 Å². The van der Waals surface area contributed by atoms with Gasteiger partial charge in [0.1, 0.15) is 6.10 Å². The van der Waals surface area contributed by atoms with Crippen LogP contribution in [0, 0.1) is 0 Å². The smallest absolute Gasteiger partial charge is 0.334 e. The van der Waals surface area contributed by atoms with Gasteiger partial charge in [-0.15, -0.1) is 0 Å². The van der Waals surface area contributed by atoms with Gasteiger partial charge in [-0.3, -0.25) is 4.98 Å². The van der Waals surface area contributed by atoms with Crippen LogP contribution in [0.1, 0.15) is 11.8 Å². The number of pyridine rings is 1. The van der Waals surface area contributed by atoms with E-state index in [0.29, 0.717) is 0 Å². The Bertz CT molecular complexity index is 321. The Hall–Kier alpha value is -1.68. The maximum absolute atomic E-state index is 10.4. The molecule has 0 saturated heterocycles. The quantitative estimate of drug-likeness (QED) is 0.672. The van der Waals surface area contributed by atoms with E-state index < -0.39 is 12.1 Å². The predicted octanol–water partition coefficient (Wildman–Crippen LogP) is 0.756. The fourth-order valence-electron chi connectivity index (χ4n) is 0.833. The molecule has 0 amide bonds. The molecule has 1 aromatic rings. The molecule has 0 bridgehead atoms. The standard InChI is InChI=1S/C9H9NO3/c1-6(9(12)13)8(11)7-4-2-3-5-10-7/h2-5,8,11H,1H2,(H,12,13). The molecule has 0 radical (unpaired) electrons. The Kier molecular flexibility index (Phi) is 2.76. The number of aliphatic hydroxyl groups is 1. The highest BCUT2D eigenvalue weighted by Gasteiger charge is 2.17. The molecule has 0 aliphatic heterocycles. The first kappa shape index (κ1) is 9.41. The van der Waals surface area contributed by atoms with Crippen molar-refractivity contribution < 1.29 is 15.0 Å². The number of nitrogens with zero attached hydrogens (tertiary/aromatic N) is 1. The van der Waals surface area contributed by atoms with Gasteiger partial charge in [0.25, 0.3) is 0 Å². The van der Waals surface area contributed by atoms with Crippen molar-refractivity contribution >= 4 is 5.97 Å². The number of aliphatic carboxylic acids is 1. The summed E-state index contributed by atoms with van der Waals surface area (Å²) in [5, 5.41) is 17.9. The van der Waals surface area contributed by atoms with Crippen LogP contribution in [-0.2, 0) is 4.79 Å². The summed E-state index contributed by atoms with van der Waals surface area (Å²) >= 11 is 0. The van der Waals surface area contributed by atoms with Gasteiger partial charge in [-0.05, 0) is 12.1 Å². The van der Waals surface area contributed by atoms with Crippen molar-refractivity contribution in [2.24, 2.45) is 0 Å². The Morgan fingerprint density at radius 1 is 1.54 bits per heavy atom. The third-order valence-electron chi connectivity index (χ3n) is 1.57. The van der Waals surface area contributed by atoms with Gasteiger partial charge < -0.3 is 10.2 Å². The molecule has 1 atom stereocenters. The summed E-state index contributed by atoms with van der Waals surface area (Å²) in [7, 11) is 0. The normalized spacial score (nSPS) is 12.1. The fourth-order valence-corrected chi connectivity index (χ4v) is 0.833. The van der Waals surface area contributed by atoms with Crippen molar-refractivity contribution in [2.75, 3.05) is 0 Å². The molecule has 0 aromatic carbocycles. The number of hydrogen-bond acceptors (Lipinski definition) is 3. The summed E-state index contributed by atoms with van der Waals surface area (Å²) in [6, 6.07) is 4.89. The van der Waals surface area contributed by atoms with E-state index >= 15 is 0 Å². The second-order valence-corrected chi connectivity index (χ2v) is 2.49. The lowest BCUT2D eigenvalue weighted by Crippen LogP contribution is -2.10. The van der Waals surface area contributed by atoms with E-state index in [4.69, 9.17) is 5.11 Å². The molecule has 1 aromatic heterocycles. The van der Waals surface area contributed by atoms with Gasteiger partial charge in [-0.1, -0.05) is 12.6 Å². The molecule has 0 fully saturated rings. The summed E-state index contributed by atoms with van der Waals surface area (Å²) in [6.45, 7) is 3.24. The lowest BCUT2D eigenvalue weighted by Gasteiger charge is -2.08. The number of hydrogen-bond donors (Lipinski definition) is 2. The maximum atomic E-state index is 10.4. The van der Waals surface area contributed by atoms with Crippen LogP contribution in [0.4, 0.5) is 0 Å². The predicted molar refractivity (Wildman–Crippen MR) is 46.0 cm³/mol. The molecule has 0 aliphatic carbocycles. The van der Waals surface area contributed by atoms with Crippen molar-refractivity contribution in [1.82, 2.24) is 4.98 Å². The lowest BCUT2D eigenvalue weighted by atomic mass is 10.1. The third kappa shape index (κ3) is 2.13. The van der Waals surface area contributed by atoms with Gasteiger partial charge in [0.05, 0.1) is 11.3 Å². The van der Waals surface area contributed by atoms with Crippen LogP contribution in [0.25, 0.3) is 0 Å². The zero-order valence-electron chi connectivity index (χ0n) is 6.84. The Morgan fingerprint density at radius 2 is 2.23 bits per heavy atom. The Balaban J connectivity index is 2.86. The number of carboxylic acid groups (broad SMARTS) is 1. The van der Waals surface area contributed by atoms with Crippen LogP contribution < -0.4 is 0 Å². The molecule has 1 rings (SSSR count). The van der Waals surface area contributed by atoms with Crippen LogP contribution in [-0.4, -0.2) is 21.2 Å². The fraction of sp³-hybridized carbons (Fsp3) is 0.111. The van der Waals surface area contributed by atoms with E-state index in [-0.39, 0.29) is 11.3 Å². The Labute approximate surface area is 75.2 Å². The molecule has 13 heavy (non-hydrogen) atoms. The monoisotopic (exact) mass is 179 g/mol. The lowest BCUT2D eigenvalue weighted by molar-refractivity contribution is -0.133. The second kappa shape index (κ2) is 3.82. The summed E-state index contributed by atoms with van der Waals surface area (Å²) in [5.74, 6) is -1.22. The van der Waals surface area contributed by atoms with E-state index in [9.17, 15) is 9.90 Å². The number of aromatic nitrogens is 1. The van der Waals surface area contributed by atoms with Gasteiger partial charge in [0.2, 0.25) is 0 Å². The minimum atomic E-state index is -1.24. The van der Waals surface area contributed by atoms with Crippen LogP contribution in [0.2, 0.25) is 0 Å². The first-order valence-corrected chi connectivity index (χ1v) is 3.64. The van der Waals surface area contributed by atoms with Crippen molar-refractivity contribution in [3.63, 3.8) is 0 Å². The molecular weight excluding hydrogens is 170 g/mol. The molecular formula is C9H9NO3. The highest BCUT2D eigenvalue weighted by Crippen LogP contribution is 2.17. The van der Waals surface area contributed by atoms with Crippen LogP contribution in [0.3, 0.4) is 0 Å². The molecule has 68 valence electrons. The average Bonchev–Trinajstić information content (AvgIpc) is 2.17. The average molecular weight is 179 g/mol. The first-order chi connectivity index (χ1) is 6.13. The summed E-state index contributed by atoms with van der Waals surface area (Å²) in [6.07, 6.45) is 0.243. The topological polar surface area (TPSA) is 70.4 Å². The van der Waals surface area contributed by atoms with Crippen LogP contribution >= 0.6 is 0 Å². The molecule has 1 unspecified atom stereocenters. The molecule has 4 heteroatoms. The minimum absolute atomic E-state index is 0.279. The van der Waals surface area contributed by atoms with E-state index in [1.54, 1.807) is 18.2 Å². The van der Waals surface area contributed by atoms with E-state index in [1.165, 1.54) is 6.20 Å². The zero-order chi connectivity index (χ0) is 9.84. The summed E-state index contributed by atoms with van der Waals surface area (Å²) in [5.41, 5.74) is 0.00796. The van der Waals surface area contributed by atoms with E-state index in [0.717, 1.165) is 0 Å². The molecule has 0 spiro atoms. The maximum Gasteiger partial charge on any atom is 0.334 e. The number of carboxylic acids is 1. The van der Waals surface area contributed by atoms with Gasteiger partial charge in [-0.25, -0.2) is 4.79 Å². The second-order valence-electron chi connectivity index (χ2n) is 2.49. The number of rotatable bonds is 3. The molecule has 0 saturated carbocycles. The van der Waals surface area contributed by atoms with E-state index in [2.05, 4.69) is 11.6 Å². The van der Waals surface area contributed by atoms with E-state index in [1.807, 2.05) is 0 Å². The Morgan fingerprint density at radius 3 is 2.69 bits per heavy atom. The number of aliphatic hydroxyl groups excluding tert-OH is 1. The van der Waals surface area contributed by atoms with Gasteiger partial charge in [0.15, 0.2) is 0 Å². The zero-order valence-corrected chi connectivity index (χ0v) is 6.84. The molecule has 0 aliphatic rings. The minimum Gasteiger partial charge on any atom is -0.478 e. The number of carbonyl (C=O) groups is 1. The SMILES string of the molecule is C=C(C(=O)O)C(O)c1ccccn1. The molecule has 4 nitrogen and oxygen atoms in total. The van der Waals surface area contributed by atoms with Crippen molar-refractivity contribution in [3.05, 3.63) is 42.2 Å². The van der Waals surface area contributed by atoms with Crippen molar-refractivity contribution in [1.29, 1.82) is 0 Å². The van der Waals surface area contributed by atoms with Crippen LogP contribution in [0.5, 0.6) is 0 Å². The van der Waals surface area contributed by atoms with Crippen molar-refractivity contribution in [2.45, 2.75) is 6.10 Å². The first-order valence-electron chi connectivity index (χ1n) is 3.64. The molecule has 1 heterocycles. The van der Waals surface area contributed by atoms with Crippen LogP contribution in [0.15, 0.2) is 36.5 Å². The summed E-state index contributed by atoms with van der Waals surface area (Å²) < 4.78 is 0. The van der Waals surface area contributed by atoms with Gasteiger partial charge in [-0.2, -0.15) is 0 Å². The third-order valence-corrected chi connectivity index (χ3v) is 1.57. The highest BCUT2D eigenvalue weighted by molar-refractivity contribution is 5.87. The largest absolute Gasteiger partial charge is 0.478 e.